The van der Waals surface area contributed by atoms with Gasteiger partial charge in [-0.15, -0.1) is 0 Å². The van der Waals surface area contributed by atoms with E-state index in [-0.39, 0.29) is 29.4 Å². The Morgan fingerprint density at radius 3 is 2.85 bits per heavy atom. The number of benzene rings is 1. The number of hydrogen-bond donors (Lipinski definition) is 0. The smallest absolute Gasteiger partial charge is 0.159 e. The minimum atomic E-state index is -2.95. The number of nitrogens with zero attached hydrogens (tertiary/aromatic N) is 2. The molecular formula is C13H15FN2O2S2. The largest absolute Gasteiger partial charge is 0.348 e. The molecule has 2 aliphatic heterocycles. The Bertz CT molecular complexity index is 660. The summed E-state index contributed by atoms with van der Waals surface area (Å²) < 4.78 is 36.7. The predicted molar refractivity (Wildman–Crippen MR) is 79.1 cm³/mol. The van der Waals surface area contributed by atoms with E-state index in [1.165, 1.54) is 17.8 Å². The summed E-state index contributed by atoms with van der Waals surface area (Å²) in [4.78, 5) is 6.39. The second-order valence-corrected chi connectivity index (χ2v) is 8.21. The number of amidine groups is 1. The summed E-state index contributed by atoms with van der Waals surface area (Å²) in [5.41, 5.74) is 0.637. The van der Waals surface area contributed by atoms with E-state index < -0.39 is 9.84 Å². The lowest BCUT2D eigenvalue weighted by atomic mass is 10.2. The average Bonchev–Trinajstić information content (AvgIpc) is 2.83. The van der Waals surface area contributed by atoms with Crippen LogP contribution in [0.1, 0.15) is 5.56 Å². The van der Waals surface area contributed by atoms with Crippen LogP contribution < -0.4 is 0 Å². The van der Waals surface area contributed by atoms with Crippen LogP contribution >= 0.6 is 11.8 Å². The molecule has 7 heteroatoms. The molecule has 0 saturated carbocycles. The first kappa shape index (κ1) is 13.9. The molecule has 2 aliphatic rings. The Morgan fingerprint density at radius 2 is 2.15 bits per heavy atom. The van der Waals surface area contributed by atoms with E-state index >= 15 is 0 Å². The Morgan fingerprint density at radius 1 is 1.40 bits per heavy atom. The SMILES string of the molecule is CN1C(SCc2ccccc2F)=N[C@H]2CS(=O)(=O)C[C@@H]21. The van der Waals surface area contributed by atoms with Gasteiger partial charge in [-0.25, -0.2) is 12.8 Å². The van der Waals surface area contributed by atoms with E-state index in [4.69, 9.17) is 0 Å². The number of rotatable bonds is 2. The first-order valence-corrected chi connectivity index (χ1v) is 9.14. The Labute approximate surface area is 122 Å². The predicted octanol–water partition coefficient (Wildman–Crippen LogP) is 1.53. The molecule has 20 heavy (non-hydrogen) atoms. The van der Waals surface area contributed by atoms with Gasteiger partial charge in [-0.2, -0.15) is 0 Å². The van der Waals surface area contributed by atoms with Gasteiger partial charge in [0.1, 0.15) is 5.82 Å². The third kappa shape index (κ3) is 2.56. The minimum Gasteiger partial charge on any atom is -0.348 e. The van der Waals surface area contributed by atoms with Crippen LogP contribution in [0.2, 0.25) is 0 Å². The van der Waals surface area contributed by atoms with Gasteiger partial charge in [0, 0.05) is 12.8 Å². The maximum absolute atomic E-state index is 13.5. The maximum atomic E-state index is 13.5. The van der Waals surface area contributed by atoms with Crippen molar-refractivity contribution in [3.05, 3.63) is 35.6 Å². The Hall–Kier alpha value is -1.08. The highest BCUT2D eigenvalue weighted by Gasteiger charge is 2.44. The summed E-state index contributed by atoms with van der Waals surface area (Å²) in [6.07, 6.45) is 0. The molecule has 0 spiro atoms. The maximum Gasteiger partial charge on any atom is 0.159 e. The van der Waals surface area contributed by atoms with Crippen LogP contribution in [0.5, 0.6) is 0 Å². The van der Waals surface area contributed by atoms with Crippen molar-refractivity contribution in [3.63, 3.8) is 0 Å². The van der Waals surface area contributed by atoms with Gasteiger partial charge in [0.2, 0.25) is 0 Å². The van der Waals surface area contributed by atoms with Crippen LogP contribution in [0.25, 0.3) is 0 Å². The summed E-state index contributed by atoms with van der Waals surface area (Å²) in [6, 6.07) is 6.45. The third-order valence-electron chi connectivity index (χ3n) is 3.68. The zero-order valence-corrected chi connectivity index (χ0v) is 12.6. The number of thioether (sulfide) groups is 1. The fourth-order valence-corrected chi connectivity index (χ4v) is 5.56. The van der Waals surface area contributed by atoms with Gasteiger partial charge >= 0.3 is 0 Å². The quantitative estimate of drug-likeness (QED) is 0.830. The van der Waals surface area contributed by atoms with E-state index in [2.05, 4.69) is 4.99 Å². The van der Waals surface area contributed by atoms with Gasteiger partial charge in [-0.3, -0.25) is 4.99 Å². The topological polar surface area (TPSA) is 49.7 Å². The van der Waals surface area contributed by atoms with E-state index in [0.717, 1.165) is 5.17 Å². The minimum absolute atomic E-state index is 0.0527. The highest BCUT2D eigenvalue weighted by molar-refractivity contribution is 8.13. The molecule has 3 rings (SSSR count). The first-order valence-electron chi connectivity index (χ1n) is 6.33. The number of fused-ring (bicyclic) bond motifs is 1. The van der Waals surface area contributed by atoms with E-state index in [9.17, 15) is 12.8 Å². The molecule has 108 valence electrons. The Balaban J connectivity index is 1.69. The van der Waals surface area contributed by atoms with Crippen LogP contribution in [-0.2, 0) is 15.6 Å². The molecule has 0 amide bonds. The van der Waals surface area contributed by atoms with Crippen LogP contribution in [0.4, 0.5) is 4.39 Å². The van der Waals surface area contributed by atoms with Gasteiger partial charge in [0.05, 0.1) is 23.6 Å². The van der Waals surface area contributed by atoms with Crippen LogP contribution in [-0.4, -0.2) is 49.1 Å². The molecule has 1 saturated heterocycles. The van der Waals surface area contributed by atoms with Crippen molar-refractivity contribution in [2.45, 2.75) is 17.8 Å². The number of halogens is 1. The standard InChI is InChI=1S/C13H15FN2O2S2/c1-16-12-8-20(17,18)7-11(12)15-13(16)19-6-9-4-2-3-5-10(9)14/h2-5,11-12H,6-8H2,1H3/t11-,12-/m0/s1. The molecule has 1 fully saturated rings. The fourth-order valence-electron chi connectivity index (χ4n) is 2.58. The summed E-state index contributed by atoms with van der Waals surface area (Å²) >= 11 is 1.46. The van der Waals surface area contributed by atoms with Crippen LogP contribution in [0.15, 0.2) is 29.3 Å². The van der Waals surface area contributed by atoms with E-state index in [1.807, 2.05) is 11.9 Å². The van der Waals surface area contributed by atoms with Crippen molar-refractivity contribution in [2.24, 2.45) is 4.99 Å². The summed E-state index contributed by atoms with van der Waals surface area (Å²) in [5, 5.41) is 0.804. The number of sulfone groups is 1. The molecule has 2 atom stereocenters. The molecule has 4 nitrogen and oxygen atoms in total. The number of likely N-dealkylation sites (N-methyl/N-ethyl adjacent to an activating group) is 1. The second-order valence-electron chi connectivity index (χ2n) is 5.11. The molecule has 0 aliphatic carbocycles. The number of hydrogen-bond acceptors (Lipinski definition) is 5. The van der Waals surface area contributed by atoms with Crippen molar-refractivity contribution < 1.29 is 12.8 Å². The second kappa shape index (κ2) is 5.04. The van der Waals surface area contributed by atoms with Crippen molar-refractivity contribution >= 4 is 26.8 Å². The van der Waals surface area contributed by atoms with E-state index in [0.29, 0.717) is 11.3 Å². The first-order chi connectivity index (χ1) is 9.46. The zero-order chi connectivity index (χ0) is 14.3. The summed E-state index contributed by atoms with van der Waals surface area (Å²) in [7, 11) is -1.09. The van der Waals surface area contributed by atoms with Crippen molar-refractivity contribution in [2.75, 3.05) is 18.6 Å². The molecule has 0 radical (unpaired) electrons. The lowest BCUT2D eigenvalue weighted by molar-refractivity contribution is 0.410. The van der Waals surface area contributed by atoms with Gasteiger partial charge in [0.25, 0.3) is 0 Å². The monoisotopic (exact) mass is 314 g/mol. The average molecular weight is 314 g/mol. The zero-order valence-electron chi connectivity index (χ0n) is 11.0. The molecular weight excluding hydrogens is 299 g/mol. The van der Waals surface area contributed by atoms with E-state index in [1.54, 1.807) is 18.2 Å². The normalized spacial score (nSPS) is 27.5. The Kier molecular flexibility index (Phi) is 3.50. The van der Waals surface area contributed by atoms with Gasteiger partial charge in [-0.1, -0.05) is 30.0 Å². The molecule has 1 aromatic rings. The molecule has 0 N–H and O–H groups in total. The van der Waals surface area contributed by atoms with Crippen molar-refractivity contribution in [1.29, 1.82) is 0 Å². The van der Waals surface area contributed by atoms with Crippen LogP contribution in [0, 0.1) is 5.82 Å². The number of aliphatic imine (C=N–C) groups is 1. The summed E-state index contributed by atoms with van der Waals surface area (Å²) in [5.74, 6) is 0.582. The molecule has 0 bridgehead atoms. The van der Waals surface area contributed by atoms with Gasteiger partial charge < -0.3 is 4.90 Å². The lowest BCUT2D eigenvalue weighted by Crippen LogP contribution is -2.35. The lowest BCUT2D eigenvalue weighted by Gasteiger charge is -2.20. The van der Waals surface area contributed by atoms with Crippen molar-refractivity contribution in [1.82, 2.24) is 4.90 Å². The third-order valence-corrected chi connectivity index (χ3v) is 6.49. The highest BCUT2D eigenvalue weighted by atomic mass is 32.2. The van der Waals surface area contributed by atoms with Gasteiger partial charge in [0.15, 0.2) is 15.0 Å². The fraction of sp³-hybridized carbons (Fsp3) is 0.462. The van der Waals surface area contributed by atoms with Gasteiger partial charge in [-0.05, 0) is 11.6 Å². The molecule has 2 heterocycles. The highest BCUT2D eigenvalue weighted by Crippen LogP contribution is 2.31. The molecule has 1 aromatic carbocycles. The molecule has 0 aromatic heterocycles. The van der Waals surface area contributed by atoms with Crippen LogP contribution in [0.3, 0.4) is 0 Å². The summed E-state index contributed by atoms with van der Waals surface area (Å²) in [6.45, 7) is 0. The van der Waals surface area contributed by atoms with Crippen molar-refractivity contribution in [3.8, 4) is 0 Å². The molecule has 0 unspecified atom stereocenters.